The van der Waals surface area contributed by atoms with Gasteiger partial charge in [-0.2, -0.15) is 10.5 Å². The second kappa shape index (κ2) is 9.13. The standard InChI is InChI=1S/C25H21N5O3/c1-4-5-18-10-14(2)25(15(3)19(18)13-27)33-21-11-20(28)23(29)22(24(21)30(31)32)17-8-6-16(12-26)7-9-17/h4-11H,28-29H2,1-3H3. The summed E-state index contributed by atoms with van der Waals surface area (Å²) < 4.78 is 6.05. The van der Waals surface area contributed by atoms with Crippen LogP contribution in [0.1, 0.15) is 34.7 Å². The fourth-order valence-electron chi connectivity index (χ4n) is 3.67. The lowest BCUT2D eigenvalue weighted by Crippen LogP contribution is -2.05. The van der Waals surface area contributed by atoms with E-state index in [1.54, 1.807) is 32.0 Å². The highest BCUT2D eigenvalue weighted by molar-refractivity contribution is 5.94. The van der Waals surface area contributed by atoms with Crippen molar-refractivity contribution in [2.45, 2.75) is 20.8 Å². The number of allylic oxidation sites excluding steroid dienone is 1. The Bertz CT molecular complexity index is 1380. The summed E-state index contributed by atoms with van der Waals surface area (Å²) in [6.45, 7) is 5.37. The van der Waals surface area contributed by atoms with Crippen LogP contribution in [0.15, 0.2) is 42.5 Å². The van der Waals surface area contributed by atoms with Gasteiger partial charge in [-0.25, -0.2) is 0 Å². The van der Waals surface area contributed by atoms with Crippen LogP contribution in [0.25, 0.3) is 17.2 Å². The van der Waals surface area contributed by atoms with Crippen molar-refractivity contribution in [2.75, 3.05) is 11.5 Å². The zero-order chi connectivity index (χ0) is 24.3. The van der Waals surface area contributed by atoms with Gasteiger partial charge in [0.15, 0.2) is 0 Å². The summed E-state index contributed by atoms with van der Waals surface area (Å²) in [7, 11) is 0. The van der Waals surface area contributed by atoms with E-state index in [0.29, 0.717) is 33.6 Å². The van der Waals surface area contributed by atoms with Gasteiger partial charge in [0.2, 0.25) is 5.75 Å². The second-order valence-electron chi connectivity index (χ2n) is 7.37. The molecule has 0 fully saturated rings. The number of benzene rings is 3. The highest BCUT2D eigenvalue weighted by Crippen LogP contribution is 2.47. The van der Waals surface area contributed by atoms with Crippen molar-refractivity contribution >= 4 is 23.1 Å². The molecule has 0 saturated carbocycles. The molecule has 164 valence electrons. The molecule has 0 aromatic heterocycles. The maximum atomic E-state index is 12.1. The van der Waals surface area contributed by atoms with Gasteiger partial charge < -0.3 is 16.2 Å². The maximum absolute atomic E-state index is 12.1. The molecule has 0 atom stereocenters. The zero-order valence-corrected chi connectivity index (χ0v) is 18.3. The summed E-state index contributed by atoms with van der Waals surface area (Å²) in [5, 5.41) is 30.8. The molecule has 0 unspecified atom stereocenters. The molecule has 0 aliphatic carbocycles. The number of rotatable bonds is 5. The summed E-state index contributed by atoms with van der Waals surface area (Å²) in [6, 6.07) is 13.5. The fourth-order valence-corrected chi connectivity index (χ4v) is 3.67. The quantitative estimate of drug-likeness (QED) is 0.297. The van der Waals surface area contributed by atoms with E-state index in [9.17, 15) is 15.4 Å². The Kier molecular flexibility index (Phi) is 6.32. The fraction of sp³-hybridized carbons (Fsp3) is 0.120. The van der Waals surface area contributed by atoms with Crippen LogP contribution in [0.5, 0.6) is 11.5 Å². The molecular weight excluding hydrogens is 418 g/mol. The number of nitro benzene ring substituents is 1. The van der Waals surface area contributed by atoms with Gasteiger partial charge in [-0.05, 0) is 55.7 Å². The molecule has 4 N–H and O–H groups in total. The number of nitrogens with two attached hydrogens (primary N) is 2. The van der Waals surface area contributed by atoms with Crippen molar-refractivity contribution in [3.63, 3.8) is 0 Å². The van der Waals surface area contributed by atoms with E-state index in [1.165, 1.54) is 18.2 Å². The van der Waals surface area contributed by atoms with Crippen molar-refractivity contribution in [3.8, 4) is 34.8 Å². The zero-order valence-electron chi connectivity index (χ0n) is 18.3. The van der Waals surface area contributed by atoms with Gasteiger partial charge in [-0.15, -0.1) is 0 Å². The predicted molar refractivity (Wildman–Crippen MR) is 127 cm³/mol. The number of nitro groups is 1. The van der Waals surface area contributed by atoms with Crippen LogP contribution in [0.4, 0.5) is 17.1 Å². The molecule has 0 saturated heterocycles. The third-order valence-electron chi connectivity index (χ3n) is 5.23. The molecule has 0 aliphatic rings. The van der Waals surface area contributed by atoms with Crippen LogP contribution in [-0.2, 0) is 0 Å². The minimum absolute atomic E-state index is 0.0355. The van der Waals surface area contributed by atoms with Gasteiger partial charge in [-0.3, -0.25) is 10.1 Å². The van der Waals surface area contributed by atoms with Crippen LogP contribution in [0.3, 0.4) is 0 Å². The predicted octanol–water partition coefficient (Wildman–Crippen LogP) is 5.61. The number of aryl methyl sites for hydroxylation is 1. The first-order chi connectivity index (χ1) is 15.7. The average Bonchev–Trinajstić information content (AvgIpc) is 2.78. The van der Waals surface area contributed by atoms with Gasteiger partial charge >= 0.3 is 5.69 Å². The topological polar surface area (TPSA) is 152 Å². The van der Waals surface area contributed by atoms with Gasteiger partial charge in [0.1, 0.15) is 11.8 Å². The third kappa shape index (κ3) is 4.18. The number of nitriles is 2. The van der Waals surface area contributed by atoms with Crippen molar-refractivity contribution < 1.29 is 9.66 Å². The van der Waals surface area contributed by atoms with E-state index in [0.717, 1.165) is 5.56 Å². The van der Waals surface area contributed by atoms with E-state index < -0.39 is 4.92 Å². The molecule has 0 aliphatic heterocycles. The molecule has 33 heavy (non-hydrogen) atoms. The molecule has 0 spiro atoms. The summed E-state index contributed by atoms with van der Waals surface area (Å²) in [4.78, 5) is 11.6. The lowest BCUT2D eigenvalue weighted by atomic mass is 9.97. The lowest BCUT2D eigenvalue weighted by molar-refractivity contribution is -0.384. The first kappa shape index (κ1) is 22.9. The molecule has 8 heteroatoms. The van der Waals surface area contributed by atoms with Crippen LogP contribution in [0, 0.1) is 46.6 Å². The second-order valence-corrected chi connectivity index (χ2v) is 7.37. The largest absolute Gasteiger partial charge is 0.449 e. The molecular formula is C25H21N5O3. The van der Waals surface area contributed by atoms with E-state index in [2.05, 4.69) is 6.07 Å². The van der Waals surface area contributed by atoms with Crippen molar-refractivity contribution in [3.05, 3.63) is 80.4 Å². The van der Waals surface area contributed by atoms with Crippen molar-refractivity contribution in [1.82, 2.24) is 0 Å². The summed E-state index contributed by atoms with van der Waals surface area (Å²) >= 11 is 0. The molecule has 8 nitrogen and oxygen atoms in total. The lowest BCUT2D eigenvalue weighted by Gasteiger charge is -2.17. The molecule has 0 amide bonds. The third-order valence-corrected chi connectivity index (χ3v) is 5.23. The van der Waals surface area contributed by atoms with Gasteiger partial charge in [0.25, 0.3) is 0 Å². The molecule has 0 heterocycles. The molecule has 3 rings (SSSR count). The SMILES string of the molecule is CC=Cc1cc(C)c(Oc2cc(N)c(N)c(-c3ccc(C#N)cc3)c2[N+](=O)[O-])c(C)c1C#N. The first-order valence-corrected chi connectivity index (χ1v) is 9.95. The first-order valence-electron chi connectivity index (χ1n) is 9.95. The number of nitrogen functional groups attached to an aromatic ring is 2. The van der Waals surface area contributed by atoms with Gasteiger partial charge in [-0.1, -0.05) is 24.3 Å². The minimum Gasteiger partial charge on any atom is -0.449 e. The number of ether oxygens (including phenoxy) is 1. The smallest absolute Gasteiger partial charge is 0.321 e. The highest BCUT2D eigenvalue weighted by Gasteiger charge is 2.28. The van der Waals surface area contributed by atoms with Crippen LogP contribution in [0.2, 0.25) is 0 Å². The van der Waals surface area contributed by atoms with E-state index in [-0.39, 0.29) is 28.4 Å². The number of hydrogen-bond acceptors (Lipinski definition) is 7. The monoisotopic (exact) mass is 439 g/mol. The number of anilines is 2. The van der Waals surface area contributed by atoms with E-state index in [4.69, 9.17) is 21.5 Å². The Morgan fingerprint density at radius 1 is 1.09 bits per heavy atom. The molecule has 0 bridgehead atoms. The van der Waals surface area contributed by atoms with E-state index >= 15 is 0 Å². The Balaban J connectivity index is 2.27. The van der Waals surface area contributed by atoms with Gasteiger partial charge in [0, 0.05) is 11.6 Å². The molecule has 3 aromatic rings. The highest BCUT2D eigenvalue weighted by atomic mass is 16.6. The van der Waals surface area contributed by atoms with Crippen molar-refractivity contribution in [1.29, 1.82) is 10.5 Å². The van der Waals surface area contributed by atoms with Crippen LogP contribution < -0.4 is 16.2 Å². The number of nitrogens with zero attached hydrogens (tertiary/aromatic N) is 3. The number of hydrogen-bond donors (Lipinski definition) is 2. The Morgan fingerprint density at radius 2 is 1.76 bits per heavy atom. The molecule has 3 aromatic carbocycles. The Hall–Kier alpha value is -4.82. The molecule has 0 radical (unpaired) electrons. The maximum Gasteiger partial charge on any atom is 0.321 e. The van der Waals surface area contributed by atoms with E-state index in [1.807, 2.05) is 25.1 Å². The summed E-state index contributed by atoms with van der Waals surface area (Å²) in [6.07, 6.45) is 3.64. The Labute approximate surface area is 191 Å². The summed E-state index contributed by atoms with van der Waals surface area (Å²) in [5.74, 6) is 0.234. The minimum atomic E-state index is -0.581. The Morgan fingerprint density at radius 3 is 2.30 bits per heavy atom. The van der Waals surface area contributed by atoms with Crippen LogP contribution in [-0.4, -0.2) is 4.92 Å². The van der Waals surface area contributed by atoms with Crippen LogP contribution >= 0.6 is 0 Å². The van der Waals surface area contributed by atoms with Crippen molar-refractivity contribution in [2.24, 2.45) is 0 Å². The average molecular weight is 439 g/mol. The normalized spacial score (nSPS) is 10.6. The summed E-state index contributed by atoms with van der Waals surface area (Å²) in [5.41, 5.74) is 15.3. The van der Waals surface area contributed by atoms with Gasteiger partial charge in [0.05, 0.1) is 39.1 Å².